The minimum atomic E-state index is 0.0462. The van der Waals surface area contributed by atoms with Crippen LogP contribution < -0.4 is 14.8 Å². The molecule has 0 saturated carbocycles. The average molecular weight is 375 g/mol. The highest BCUT2D eigenvalue weighted by Gasteiger charge is 2.27. The van der Waals surface area contributed by atoms with Gasteiger partial charge in [-0.05, 0) is 37.6 Å². The first-order valence-corrected chi connectivity index (χ1v) is 9.86. The molecule has 1 aliphatic rings. The fourth-order valence-electron chi connectivity index (χ4n) is 3.14. The van der Waals surface area contributed by atoms with E-state index in [0.29, 0.717) is 23.7 Å². The third-order valence-corrected chi connectivity index (χ3v) is 5.11. The van der Waals surface area contributed by atoms with Crippen molar-refractivity contribution in [3.8, 4) is 11.5 Å². The molecule has 2 heterocycles. The summed E-state index contributed by atoms with van der Waals surface area (Å²) in [5.41, 5.74) is 3.28. The van der Waals surface area contributed by atoms with Crippen LogP contribution in [0.25, 0.3) is 0 Å². The SMILES string of the molecule is CCCN(C(=O)c1ccc(OCc2cscn2)c(OC)c1)C1CCNC1. The van der Waals surface area contributed by atoms with Crippen LogP contribution in [-0.4, -0.2) is 48.6 Å². The van der Waals surface area contributed by atoms with E-state index in [4.69, 9.17) is 9.47 Å². The van der Waals surface area contributed by atoms with Gasteiger partial charge in [0.2, 0.25) is 0 Å². The number of methoxy groups -OCH3 is 1. The molecule has 26 heavy (non-hydrogen) atoms. The van der Waals surface area contributed by atoms with Crippen LogP contribution in [-0.2, 0) is 6.61 Å². The van der Waals surface area contributed by atoms with Crippen LogP contribution in [0.5, 0.6) is 11.5 Å². The molecule has 0 spiro atoms. The number of carbonyl (C=O) groups is 1. The molecule has 1 aromatic carbocycles. The van der Waals surface area contributed by atoms with Crippen molar-refractivity contribution in [2.75, 3.05) is 26.7 Å². The van der Waals surface area contributed by atoms with Crippen molar-refractivity contribution in [3.63, 3.8) is 0 Å². The number of rotatable bonds is 8. The van der Waals surface area contributed by atoms with Gasteiger partial charge in [-0.15, -0.1) is 11.3 Å². The topological polar surface area (TPSA) is 63.7 Å². The second-order valence-electron chi connectivity index (χ2n) is 6.28. The number of hydrogen-bond acceptors (Lipinski definition) is 6. The van der Waals surface area contributed by atoms with Gasteiger partial charge in [0.05, 0.1) is 18.3 Å². The zero-order chi connectivity index (χ0) is 18.4. The second kappa shape index (κ2) is 9.00. The molecule has 1 aromatic heterocycles. The Labute approximate surface area is 158 Å². The van der Waals surface area contributed by atoms with Crippen LogP contribution >= 0.6 is 11.3 Å². The molecule has 1 saturated heterocycles. The quantitative estimate of drug-likeness (QED) is 0.769. The highest BCUT2D eigenvalue weighted by molar-refractivity contribution is 7.07. The van der Waals surface area contributed by atoms with E-state index in [9.17, 15) is 4.79 Å². The average Bonchev–Trinajstić information content (AvgIpc) is 3.37. The molecule has 0 bridgehead atoms. The zero-order valence-corrected chi connectivity index (χ0v) is 16.1. The molecule has 6 nitrogen and oxygen atoms in total. The number of amides is 1. The maximum Gasteiger partial charge on any atom is 0.254 e. The van der Waals surface area contributed by atoms with E-state index in [2.05, 4.69) is 17.2 Å². The number of thiazole rings is 1. The number of hydrogen-bond donors (Lipinski definition) is 1. The molecule has 2 aromatic rings. The van der Waals surface area contributed by atoms with E-state index < -0.39 is 0 Å². The summed E-state index contributed by atoms with van der Waals surface area (Å²) in [6, 6.07) is 5.64. The summed E-state index contributed by atoms with van der Waals surface area (Å²) < 4.78 is 11.2. The third-order valence-electron chi connectivity index (χ3n) is 4.47. The molecule has 0 aliphatic carbocycles. The zero-order valence-electron chi connectivity index (χ0n) is 15.2. The van der Waals surface area contributed by atoms with Gasteiger partial charge in [0.1, 0.15) is 6.61 Å². The number of benzene rings is 1. The Morgan fingerprint density at radius 2 is 2.31 bits per heavy atom. The van der Waals surface area contributed by atoms with Gasteiger partial charge in [-0.1, -0.05) is 6.92 Å². The highest BCUT2D eigenvalue weighted by atomic mass is 32.1. The largest absolute Gasteiger partial charge is 0.493 e. The predicted octanol–water partition coefficient (Wildman–Crippen LogP) is 2.94. The monoisotopic (exact) mass is 375 g/mol. The summed E-state index contributed by atoms with van der Waals surface area (Å²) in [5, 5.41) is 5.28. The van der Waals surface area contributed by atoms with E-state index in [1.807, 2.05) is 16.3 Å². The molecule has 0 radical (unpaired) electrons. The Hall–Kier alpha value is -2.12. The number of aromatic nitrogens is 1. The van der Waals surface area contributed by atoms with Gasteiger partial charge in [-0.2, -0.15) is 0 Å². The number of nitrogens with zero attached hydrogens (tertiary/aromatic N) is 2. The van der Waals surface area contributed by atoms with Crippen LogP contribution in [0.15, 0.2) is 29.1 Å². The molecular weight excluding hydrogens is 350 g/mol. The maximum absolute atomic E-state index is 13.0. The fraction of sp³-hybridized carbons (Fsp3) is 0.474. The van der Waals surface area contributed by atoms with Crippen molar-refractivity contribution < 1.29 is 14.3 Å². The lowest BCUT2D eigenvalue weighted by molar-refractivity contribution is 0.0692. The predicted molar refractivity (Wildman–Crippen MR) is 102 cm³/mol. The van der Waals surface area contributed by atoms with E-state index in [-0.39, 0.29) is 11.9 Å². The second-order valence-corrected chi connectivity index (χ2v) is 7.00. The number of nitrogens with one attached hydrogen (secondary N) is 1. The van der Waals surface area contributed by atoms with Gasteiger partial charge in [-0.3, -0.25) is 4.79 Å². The maximum atomic E-state index is 13.0. The van der Waals surface area contributed by atoms with Crippen LogP contribution in [0, 0.1) is 0 Å². The first-order chi connectivity index (χ1) is 12.7. The van der Waals surface area contributed by atoms with Crippen molar-refractivity contribution in [2.24, 2.45) is 0 Å². The Morgan fingerprint density at radius 1 is 1.42 bits per heavy atom. The summed E-state index contributed by atoms with van der Waals surface area (Å²) in [5.74, 6) is 1.22. The molecule has 1 amide bonds. The van der Waals surface area contributed by atoms with E-state index in [1.165, 1.54) is 11.3 Å². The van der Waals surface area contributed by atoms with E-state index in [1.54, 1.807) is 24.8 Å². The normalized spacial score (nSPS) is 16.5. The highest BCUT2D eigenvalue weighted by Crippen LogP contribution is 2.30. The van der Waals surface area contributed by atoms with Crippen molar-refractivity contribution in [3.05, 3.63) is 40.3 Å². The Balaban J connectivity index is 1.75. The van der Waals surface area contributed by atoms with Crippen molar-refractivity contribution >= 4 is 17.2 Å². The first kappa shape index (κ1) is 18.7. The van der Waals surface area contributed by atoms with Crippen LogP contribution in [0.2, 0.25) is 0 Å². The lowest BCUT2D eigenvalue weighted by Gasteiger charge is -2.28. The van der Waals surface area contributed by atoms with Crippen molar-refractivity contribution in [1.29, 1.82) is 0 Å². The standard InChI is InChI=1S/C19H25N3O3S/c1-3-8-22(16-6-7-20-10-16)19(23)14-4-5-17(18(9-14)24-2)25-11-15-12-26-13-21-15/h4-5,9,12-13,16,20H,3,6-8,10-11H2,1-2H3. The molecular formula is C19H25N3O3S. The van der Waals surface area contributed by atoms with Crippen molar-refractivity contribution in [2.45, 2.75) is 32.4 Å². The molecule has 1 unspecified atom stereocenters. The van der Waals surface area contributed by atoms with Crippen LogP contribution in [0.1, 0.15) is 35.8 Å². The molecule has 1 fully saturated rings. The summed E-state index contributed by atoms with van der Waals surface area (Å²) in [6.07, 6.45) is 1.94. The Morgan fingerprint density at radius 3 is 2.96 bits per heavy atom. The molecule has 7 heteroatoms. The van der Waals surface area contributed by atoms with E-state index in [0.717, 1.165) is 38.2 Å². The van der Waals surface area contributed by atoms with Crippen LogP contribution in [0.3, 0.4) is 0 Å². The molecule has 3 rings (SSSR count). The van der Waals surface area contributed by atoms with Crippen molar-refractivity contribution in [1.82, 2.24) is 15.2 Å². The summed E-state index contributed by atoms with van der Waals surface area (Å²) in [6.45, 7) is 5.06. The fourth-order valence-corrected chi connectivity index (χ4v) is 3.69. The molecule has 1 N–H and O–H groups in total. The van der Waals surface area contributed by atoms with Gasteiger partial charge < -0.3 is 19.7 Å². The van der Waals surface area contributed by atoms with Gasteiger partial charge in [0, 0.05) is 30.1 Å². The minimum Gasteiger partial charge on any atom is -0.493 e. The summed E-state index contributed by atoms with van der Waals surface area (Å²) in [4.78, 5) is 19.2. The molecule has 140 valence electrons. The Kier molecular flexibility index (Phi) is 6.46. The van der Waals surface area contributed by atoms with Gasteiger partial charge in [-0.25, -0.2) is 4.98 Å². The first-order valence-electron chi connectivity index (χ1n) is 8.92. The summed E-state index contributed by atoms with van der Waals surface area (Å²) >= 11 is 1.53. The lowest BCUT2D eigenvalue weighted by Crippen LogP contribution is -2.42. The van der Waals surface area contributed by atoms with Gasteiger partial charge in [0.15, 0.2) is 11.5 Å². The molecule has 1 aliphatic heterocycles. The molecule has 1 atom stereocenters. The smallest absolute Gasteiger partial charge is 0.254 e. The number of ether oxygens (including phenoxy) is 2. The van der Waals surface area contributed by atoms with Gasteiger partial charge >= 0.3 is 0 Å². The third kappa shape index (κ3) is 4.34. The van der Waals surface area contributed by atoms with Crippen LogP contribution in [0.4, 0.5) is 0 Å². The van der Waals surface area contributed by atoms with Gasteiger partial charge in [0.25, 0.3) is 5.91 Å². The minimum absolute atomic E-state index is 0.0462. The number of carbonyl (C=O) groups excluding carboxylic acids is 1. The summed E-state index contributed by atoms with van der Waals surface area (Å²) in [7, 11) is 1.59. The Bertz CT molecular complexity index is 715. The lowest BCUT2D eigenvalue weighted by atomic mass is 10.1. The van der Waals surface area contributed by atoms with E-state index >= 15 is 0 Å².